The molecule has 1 N–H and O–H groups in total. The van der Waals surface area contributed by atoms with Gasteiger partial charge in [0.15, 0.2) is 15.8 Å². The van der Waals surface area contributed by atoms with Crippen LogP contribution in [0.2, 0.25) is 0 Å². The number of sulfone groups is 1. The van der Waals surface area contributed by atoms with Gasteiger partial charge in [0, 0.05) is 38.8 Å². The summed E-state index contributed by atoms with van der Waals surface area (Å²) in [6, 6.07) is 4.63. The molecule has 2 saturated heterocycles. The zero-order chi connectivity index (χ0) is 18.6. The topological polar surface area (TPSA) is 65.0 Å². The Kier molecular flexibility index (Phi) is 8.67. The predicted octanol–water partition coefficient (Wildman–Crippen LogP) is 2.67. The summed E-state index contributed by atoms with van der Waals surface area (Å²) < 4.78 is 23.4. The van der Waals surface area contributed by atoms with E-state index in [0.29, 0.717) is 24.1 Å². The number of anilines is 1. The van der Waals surface area contributed by atoms with Crippen LogP contribution < -0.4 is 10.2 Å². The number of nitrogens with one attached hydrogen (secondary N) is 1. The van der Waals surface area contributed by atoms with Crippen molar-refractivity contribution in [1.82, 2.24) is 10.2 Å². The molecule has 1 aromatic heterocycles. The van der Waals surface area contributed by atoms with E-state index in [2.05, 4.69) is 46.5 Å². The number of aliphatic imine (C=N–C) groups is 1. The van der Waals surface area contributed by atoms with Crippen LogP contribution in [0.5, 0.6) is 0 Å². The highest BCUT2D eigenvalue weighted by atomic mass is 127. The highest BCUT2D eigenvalue weighted by molar-refractivity contribution is 14.0. The fraction of sp³-hybridized carbons (Fsp3) is 0.722. The smallest absolute Gasteiger partial charge is 0.194 e. The first kappa shape index (κ1) is 22.7. The highest BCUT2D eigenvalue weighted by Crippen LogP contribution is 2.23. The first-order valence-corrected chi connectivity index (χ1v) is 12.2. The van der Waals surface area contributed by atoms with Gasteiger partial charge in [-0.15, -0.1) is 35.3 Å². The van der Waals surface area contributed by atoms with Gasteiger partial charge >= 0.3 is 0 Å². The van der Waals surface area contributed by atoms with Crippen LogP contribution in [0.25, 0.3) is 0 Å². The summed E-state index contributed by atoms with van der Waals surface area (Å²) in [7, 11) is -2.84. The Morgan fingerprint density at radius 3 is 2.67 bits per heavy atom. The standard InChI is InChI=1S/C18H30N4O2S2.HI/c1-3-15(2)20-18(19-13-16-6-12-26(23,24)14-16)22-9-7-21(8-10-22)17-5-4-11-25-17;/h4-5,11,15-16H,3,6-10,12-14H2,1-2H3,(H,19,20);1H. The Bertz CT molecular complexity index is 701. The number of piperazine rings is 1. The van der Waals surface area contributed by atoms with Crippen LogP contribution >= 0.6 is 35.3 Å². The van der Waals surface area contributed by atoms with Crippen molar-refractivity contribution in [2.24, 2.45) is 10.9 Å². The summed E-state index contributed by atoms with van der Waals surface area (Å²) in [6.45, 7) is 8.76. The Labute approximate surface area is 184 Å². The molecule has 0 aromatic carbocycles. The Morgan fingerprint density at radius 1 is 1.37 bits per heavy atom. The molecule has 2 atom stereocenters. The van der Waals surface area contributed by atoms with Crippen molar-refractivity contribution in [2.75, 3.05) is 49.1 Å². The van der Waals surface area contributed by atoms with E-state index in [1.165, 1.54) is 5.00 Å². The maximum Gasteiger partial charge on any atom is 0.194 e. The van der Waals surface area contributed by atoms with Crippen LogP contribution in [-0.4, -0.2) is 69.5 Å². The van der Waals surface area contributed by atoms with Crippen molar-refractivity contribution in [3.05, 3.63) is 17.5 Å². The second kappa shape index (κ2) is 10.3. The number of hydrogen-bond donors (Lipinski definition) is 1. The molecule has 1 aromatic rings. The van der Waals surface area contributed by atoms with Crippen LogP contribution in [0.15, 0.2) is 22.5 Å². The zero-order valence-corrected chi connectivity index (χ0v) is 20.1. The molecule has 3 heterocycles. The predicted molar refractivity (Wildman–Crippen MR) is 125 cm³/mol. The molecule has 0 bridgehead atoms. The number of thiophene rings is 1. The average Bonchev–Trinajstić information content (AvgIpc) is 3.28. The lowest BCUT2D eigenvalue weighted by molar-refractivity contribution is 0.365. The molecule has 0 spiro atoms. The first-order valence-electron chi connectivity index (χ1n) is 9.51. The molecular formula is C18H31IN4O2S2. The van der Waals surface area contributed by atoms with Crippen LogP contribution in [0.1, 0.15) is 26.7 Å². The van der Waals surface area contributed by atoms with Gasteiger partial charge in [-0.2, -0.15) is 0 Å². The lowest BCUT2D eigenvalue weighted by Gasteiger charge is -2.37. The van der Waals surface area contributed by atoms with Crippen LogP contribution in [0.3, 0.4) is 0 Å². The molecule has 27 heavy (non-hydrogen) atoms. The molecule has 0 radical (unpaired) electrons. The van der Waals surface area contributed by atoms with Crippen LogP contribution in [0.4, 0.5) is 5.00 Å². The van der Waals surface area contributed by atoms with Crippen molar-refractivity contribution in [3.63, 3.8) is 0 Å². The maximum absolute atomic E-state index is 11.7. The van der Waals surface area contributed by atoms with E-state index in [-0.39, 0.29) is 29.9 Å². The molecule has 3 rings (SSSR count). The third kappa shape index (κ3) is 6.49. The van der Waals surface area contributed by atoms with Crippen molar-refractivity contribution in [1.29, 1.82) is 0 Å². The summed E-state index contributed by atoms with van der Waals surface area (Å²) in [5, 5.41) is 6.99. The minimum absolute atomic E-state index is 0. The Morgan fingerprint density at radius 2 is 2.11 bits per heavy atom. The summed E-state index contributed by atoms with van der Waals surface area (Å²) in [4.78, 5) is 9.56. The van der Waals surface area contributed by atoms with Gasteiger partial charge in [-0.05, 0) is 43.2 Å². The molecular weight excluding hydrogens is 495 g/mol. The summed E-state index contributed by atoms with van der Waals surface area (Å²) in [6.07, 6.45) is 1.78. The fourth-order valence-corrected chi connectivity index (χ4v) is 6.01. The van der Waals surface area contributed by atoms with Gasteiger partial charge in [-0.3, -0.25) is 4.99 Å². The van der Waals surface area contributed by atoms with Gasteiger partial charge in [0.1, 0.15) is 0 Å². The fourth-order valence-electron chi connectivity index (χ4n) is 3.38. The van der Waals surface area contributed by atoms with E-state index in [9.17, 15) is 8.42 Å². The van der Waals surface area contributed by atoms with Crippen molar-refractivity contribution >= 4 is 56.1 Å². The van der Waals surface area contributed by atoms with Crippen LogP contribution in [-0.2, 0) is 9.84 Å². The van der Waals surface area contributed by atoms with Crippen molar-refractivity contribution in [3.8, 4) is 0 Å². The number of rotatable bonds is 5. The SMILES string of the molecule is CCC(C)NC(=NCC1CCS(=O)(=O)C1)N1CCN(c2cccs2)CC1.I. The lowest BCUT2D eigenvalue weighted by Crippen LogP contribution is -2.54. The van der Waals surface area contributed by atoms with E-state index >= 15 is 0 Å². The maximum atomic E-state index is 11.7. The second-order valence-corrected chi connectivity index (χ2v) is 10.5. The number of halogens is 1. The van der Waals surface area contributed by atoms with E-state index in [1.54, 1.807) is 11.3 Å². The first-order chi connectivity index (χ1) is 12.5. The lowest BCUT2D eigenvalue weighted by atomic mass is 10.1. The van der Waals surface area contributed by atoms with Crippen molar-refractivity contribution in [2.45, 2.75) is 32.7 Å². The normalized spacial score (nSPS) is 23.8. The average molecular weight is 527 g/mol. The molecule has 9 heteroatoms. The number of hydrogen-bond acceptors (Lipinski definition) is 5. The minimum atomic E-state index is -2.84. The van der Waals surface area contributed by atoms with Gasteiger partial charge in [0.2, 0.25) is 0 Å². The summed E-state index contributed by atoms with van der Waals surface area (Å²) >= 11 is 1.78. The number of guanidine groups is 1. The second-order valence-electron chi connectivity index (χ2n) is 7.31. The van der Waals surface area contributed by atoms with Gasteiger partial charge < -0.3 is 15.1 Å². The van der Waals surface area contributed by atoms with E-state index in [4.69, 9.17) is 4.99 Å². The highest BCUT2D eigenvalue weighted by Gasteiger charge is 2.28. The zero-order valence-electron chi connectivity index (χ0n) is 16.1. The monoisotopic (exact) mass is 526 g/mol. The minimum Gasteiger partial charge on any atom is -0.360 e. The summed E-state index contributed by atoms with van der Waals surface area (Å²) in [5.74, 6) is 1.72. The Hall–Kier alpha value is -0.550. The molecule has 0 aliphatic carbocycles. The summed E-state index contributed by atoms with van der Waals surface area (Å²) in [5.41, 5.74) is 0. The molecule has 154 valence electrons. The van der Waals surface area contributed by atoms with Gasteiger partial charge in [-0.25, -0.2) is 8.42 Å². The molecule has 0 saturated carbocycles. The third-order valence-corrected chi connectivity index (χ3v) is 7.98. The molecule has 6 nitrogen and oxygen atoms in total. The third-order valence-electron chi connectivity index (χ3n) is 5.21. The van der Waals surface area contributed by atoms with Gasteiger partial charge in [-0.1, -0.05) is 6.92 Å². The van der Waals surface area contributed by atoms with Crippen LogP contribution in [0, 0.1) is 5.92 Å². The van der Waals surface area contributed by atoms with E-state index < -0.39 is 9.84 Å². The quantitative estimate of drug-likeness (QED) is 0.363. The number of nitrogens with zero attached hydrogens (tertiary/aromatic N) is 3. The molecule has 0 amide bonds. The van der Waals surface area contributed by atoms with Crippen molar-refractivity contribution < 1.29 is 8.42 Å². The largest absolute Gasteiger partial charge is 0.360 e. The van der Waals surface area contributed by atoms with E-state index in [0.717, 1.165) is 45.0 Å². The van der Waals surface area contributed by atoms with E-state index in [1.807, 2.05) is 0 Å². The molecule has 2 unspecified atom stereocenters. The van der Waals surface area contributed by atoms with Gasteiger partial charge in [0.05, 0.1) is 16.5 Å². The molecule has 2 aliphatic rings. The molecule has 2 aliphatic heterocycles. The Balaban J connectivity index is 0.00000261. The molecule has 2 fully saturated rings. The van der Waals surface area contributed by atoms with Gasteiger partial charge in [0.25, 0.3) is 0 Å².